The zero-order valence-corrected chi connectivity index (χ0v) is 24.0. The van der Waals surface area contributed by atoms with Gasteiger partial charge in [0.05, 0.1) is 5.32 Å². The van der Waals surface area contributed by atoms with Gasteiger partial charge in [-0.3, -0.25) is 4.68 Å². The van der Waals surface area contributed by atoms with E-state index in [1.54, 1.807) is 4.68 Å². The van der Waals surface area contributed by atoms with Crippen molar-refractivity contribution in [3.05, 3.63) is 139 Å². The molecule has 0 saturated carbocycles. The minimum absolute atomic E-state index is 0. The van der Waals surface area contributed by atoms with Crippen LogP contribution in [0, 0.1) is 12.1 Å². The average Bonchev–Trinajstić information content (AvgIpc) is 3.67. The van der Waals surface area contributed by atoms with Crippen LogP contribution in [0.3, 0.4) is 0 Å². The van der Waals surface area contributed by atoms with Gasteiger partial charge in [0, 0.05) is 6.20 Å². The predicted octanol–water partition coefficient (Wildman–Crippen LogP) is 3.45. The third kappa shape index (κ3) is 4.98. The second-order valence-electron chi connectivity index (χ2n) is 8.85. The molecule has 0 amide bonds. The third-order valence-corrected chi connectivity index (χ3v) is 10.8. The van der Waals surface area contributed by atoms with E-state index in [1.165, 1.54) is 17.1 Å². The summed E-state index contributed by atoms with van der Waals surface area (Å²) in [6.45, 7) is 0. The van der Waals surface area contributed by atoms with Crippen LogP contribution in [-0.4, -0.2) is 32.6 Å². The molecule has 0 unspecified atom stereocenters. The van der Waals surface area contributed by atoms with Crippen molar-refractivity contribution in [1.29, 1.82) is 0 Å². The molecule has 0 radical (unpaired) electrons. The molecule has 4 aromatic carbocycles. The van der Waals surface area contributed by atoms with Gasteiger partial charge in [-0.2, -0.15) is 65.8 Å². The second-order valence-corrected chi connectivity index (χ2v) is 12.5. The fourth-order valence-corrected chi connectivity index (χ4v) is 8.86. The minimum atomic E-state index is -4.48. The van der Waals surface area contributed by atoms with Crippen molar-refractivity contribution < 1.29 is 34.2 Å². The van der Waals surface area contributed by atoms with E-state index >= 15 is 0 Å². The van der Waals surface area contributed by atoms with Gasteiger partial charge < -0.3 is 0 Å². The van der Waals surface area contributed by atoms with Gasteiger partial charge in [-0.25, -0.2) is 9.67 Å². The normalized spacial score (nSPS) is 11.7. The summed E-state index contributed by atoms with van der Waals surface area (Å²) in [5.74, 6) is 0. The third-order valence-electron chi connectivity index (χ3n) is 6.51. The van der Waals surface area contributed by atoms with Gasteiger partial charge in [0.15, 0.2) is 0 Å². The van der Waals surface area contributed by atoms with Crippen LogP contribution in [0.2, 0.25) is 0 Å². The Labute approximate surface area is 244 Å². The molecular formula is C30H20F3N5PtSi. The number of halogens is 3. The first kappa shape index (κ1) is 27.5. The van der Waals surface area contributed by atoms with E-state index in [4.69, 9.17) is 15.2 Å². The number of nitrogens with zero attached hydrogens (tertiary/aromatic N) is 5. The summed E-state index contributed by atoms with van der Waals surface area (Å²) in [4.78, 5) is 4.72. The van der Waals surface area contributed by atoms with Gasteiger partial charge in [-0.1, -0.05) is 66.2 Å². The summed E-state index contributed by atoms with van der Waals surface area (Å²) in [6, 6.07) is 38.7. The smallest absolute Gasteiger partial charge is 0.266 e. The van der Waals surface area contributed by atoms with Crippen LogP contribution in [0.1, 0.15) is 5.56 Å². The Balaban J connectivity index is 0.00000323. The van der Waals surface area contributed by atoms with Crippen molar-refractivity contribution in [2.24, 2.45) is 0 Å². The first-order chi connectivity index (χ1) is 19.0. The molecule has 0 aliphatic heterocycles. The van der Waals surface area contributed by atoms with Crippen molar-refractivity contribution in [3.8, 4) is 11.4 Å². The molecule has 0 fully saturated rings. The Kier molecular flexibility index (Phi) is 7.69. The molecule has 6 rings (SSSR count). The number of hydrogen-bond acceptors (Lipinski definition) is 3. The summed E-state index contributed by atoms with van der Waals surface area (Å²) >= 11 is 0. The monoisotopic (exact) mass is 730 g/mol. The van der Waals surface area contributed by atoms with Gasteiger partial charge >= 0.3 is 27.2 Å². The molecule has 6 aromatic rings. The molecule has 0 saturated heterocycles. The summed E-state index contributed by atoms with van der Waals surface area (Å²) in [7, 11) is -3.20. The SMILES string of the molecule is FC(F)(F)c1cc[c-]c(-n2cnc([Si](c3ccccc3)(c3ccccc3)c3ccn(-c4[c-]cccc4)n3)n2)c1.[Pt+2]. The first-order valence-corrected chi connectivity index (χ1v) is 14.1. The first-order valence-electron chi connectivity index (χ1n) is 12.1. The van der Waals surface area contributed by atoms with Crippen molar-refractivity contribution in [2.75, 3.05) is 0 Å². The van der Waals surface area contributed by atoms with Crippen LogP contribution in [0.15, 0.2) is 122 Å². The van der Waals surface area contributed by atoms with Crippen LogP contribution in [0.4, 0.5) is 13.2 Å². The molecule has 0 N–H and O–H groups in total. The van der Waals surface area contributed by atoms with Crippen LogP contribution < -0.4 is 21.1 Å². The van der Waals surface area contributed by atoms with Crippen molar-refractivity contribution in [1.82, 2.24) is 24.5 Å². The fraction of sp³-hybridized carbons (Fsp3) is 0.0333. The van der Waals surface area contributed by atoms with E-state index in [0.29, 0.717) is 5.45 Å². The standard InChI is InChI=1S/C30H20F3N5Si.Pt/c31-30(32,33)23-11-10-14-25(21-23)38-22-34-29(36-38)39(26-15-6-2-7-16-26,27-17-8-3-9-18-27)28-19-20-37(35-28)24-12-4-1-5-13-24;/h1-12,15-22H;/q-2;+2. The molecule has 0 bridgehead atoms. The van der Waals surface area contributed by atoms with E-state index < -0.39 is 19.8 Å². The zero-order valence-electron chi connectivity index (χ0n) is 20.7. The van der Waals surface area contributed by atoms with E-state index in [0.717, 1.165) is 33.5 Å². The molecular weight excluding hydrogens is 711 g/mol. The van der Waals surface area contributed by atoms with Crippen molar-refractivity contribution in [2.45, 2.75) is 6.18 Å². The Hall–Kier alpha value is -4.07. The van der Waals surface area contributed by atoms with Gasteiger partial charge in [-0.05, 0) is 27.8 Å². The van der Waals surface area contributed by atoms with Crippen LogP contribution >= 0.6 is 0 Å². The largest absolute Gasteiger partial charge is 2.00 e. The number of benzene rings is 4. The Bertz CT molecular complexity index is 1660. The van der Waals surface area contributed by atoms with E-state index in [1.807, 2.05) is 97.2 Å². The topological polar surface area (TPSA) is 48.5 Å². The molecule has 40 heavy (non-hydrogen) atoms. The number of hydrogen-bond donors (Lipinski definition) is 0. The van der Waals surface area contributed by atoms with Crippen molar-refractivity contribution >= 4 is 29.2 Å². The molecule has 0 aliphatic carbocycles. The zero-order chi connectivity index (χ0) is 26.9. The minimum Gasteiger partial charge on any atom is -0.266 e. The Morgan fingerprint density at radius 2 is 1.32 bits per heavy atom. The summed E-state index contributed by atoms with van der Waals surface area (Å²) in [6.07, 6.45) is -1.16. The number of para-hydroxylation sites is 1. The Morgan fingerprint density at radius 3 is 1.95 bits per heavy atom. The van der Waals surface area contributed by atoms with Gasteiger partial charge in [-0.15, -0.1) is 12.1 Å². The van der Waals surface area contributed by atoms with E-state index in [9.17, 15) is 13.2 Å². The Morgan fingerprint density at radius 1 is 0.675 bits per heavy atom. The number of rotatable bonds is 6. The second kappa shape index (κ2) is 11.2. The maximum atomic E-state index is 13.4. The molecule has 2 aromatic heterocycles. The molecule has 10 heteroatoms. The molecule has 0 spiro atoms. The van der Waals surface area contributed by atoms with Crippen molar-refractivity contribution in [3.63, 3.8) is 0 Å². The molecule has 0 aliphatic rings. The quantitative estimate of drug-likeness (QED) is 0.195. The number of aromatic nitrogens is 5. The van der Waals surface area contributed by atoms with Crippen LogP contribution in [0.25, 0.3) is 11.4 Å². The fourth-order valence-electron chi connectivity index (χ4n) is 4.71. The predicted molar refractivity (Wildman–Crippen MR) is 145 cm³/mol. The average molecular weight is 731 g/mol. The van der Waals surface area contributed by atoms with E-state index in [-0.39, 0.29) is 26.8 Å². The van der Waals surface area contributed by atoms with Crippen LogP contribution in [-0.2, 0) is 27.2 Å². The van der Waals surface area contributed by atoms with Gasteiger partial charge in [0.2, 0.25) is 0 Å². The molecule has 200 valence electrons. The van der Waals surface area contributed by atoms with Gasteiger partial charge in [0.1, 0.15) is 11.8 Å². The van der Waals surface area contributed by atoms with Gasteiger partial charge in [0.25, 0.3) is 8.07 Å². The summed E-state index contributed by atoms with van der Waals surface area (Å²) in [5, 5.41) is 12.6. The van der Waals surface area contributed by atoms with Crippen LogP contribution in [0.5, 0.6) is 0 Å². The summed E-state index contributed by atoms with van der Waals surface area (Å²) in [5.41, 5.74) is 0.649. The number of alkyl halides is 3. The molecule has 0 atom stereocenters. The van der Waals surface area contributed by atoms with E-state index in [2.05, 4.69) is 12.1 Å². The maximum absolute atomic E-state index is 13.4. The summed E-state index contributed by atoms with van der Waals surface area (Å²) < 4.78 is 43.4. The molecule has 2 heterocycles. The molecule has 5 nitrogen and oxygen atoms in total. The maximum Gasteiger partial charge on any atom is 2.00 e.